The number of aromatic nitrogens is 3. The van der Waals surface area contributed by atoms with E-state index in [1.807, 2.05) is 0 Å². The summed E-state index contributed by atoms with van der Waals surface area (Å²) < 4.78 is 30.1. The Morgan fingerprint density at radius 3 is 2.49 bits per heavy atom. The van der Waals surface area contributed by atoms with E-state index in [0.717, 1.165) is 18.2 Å². The van der Waals surface area contributed by atoms with Crippen molar-refractivity contribution in [3.63, 3.8) is 0 Å². The van der Waals surface area contributed by atoms with Crippen LogP contribution >= 0.6 is 11.6 Å². The molecule has 0 aliphatic rings. The fourth-order valence-corrected chi connectivity index (χ4v) is 3.52. The molecule has 0 unspecified atom stereocenters. The number of hydrogen-bond donors (Lipinski definition) is 3. The van der Waals surface area contributed by atoms with Crippen molar-refractivity contribution >= 4 is 29.2 Å². The molecule has 0 bridgehead atoms. The van der Waals surface area contributed by atoms with Crippen LogP contribution in [0, 0.1) is 11.6 Å². The third-order valence-corrected chi connectivity index (χ3v) is 5.21. The number of amides is 2. The lowest BCUT2D eigenvalue weighted by molar-refractivity contribution is 0.0938. The van der Waals surface area contributed by atoms with Crippen molar-refractivity contribution in [3.05, 3.63) is 94.8 Å². The van der Waals surface area contributed by atoms with Crippen molar-refractivity contribution in [2.75, 3.05) is 18.5 Å². The van der Waals surface area contributed by atoms with Crippen LogP contribution in [0.15, 0.2) is 66.9 Å². The molecule has 3 N–H and O–H groups in total. The van der Waals surface area contributed by atoms with Gasteiger partial charge in [0, 0.05) is 24.4 Å². The summed E-state index contributed by atoms with van der Waals surface area (Å²) in [5, 5.41) is 18.1. The number of hydrogen-bond acceptors (Lipinski definition) is 5. The predicted molar refractivity (Wildman–Crippen MR) is 126 cm³/mol. The molecule has 0 saturated heterocycles. The van der Waals surface area contributed by atoms with Crippen molar-refractivity contribution in [2.24, 2.45) is 0 Å². The average molecular weight is 498 g/mol. The summed E-state index contributed by atoms with van der Waals surface area (Å²) in [6.45, 7) is -0.228. The molecule has 0 atom stereocenters. The molecule has 0 aliphatic heterocycles. The highest BCUT2D eigenvalue weighted by Crippen LogP contribution is 2.30. The van der Waals surface area contributed by atoms with Gasteiger partial charge < -0.3 is 15.7 Å². The molecule has 11 heteroatoms. The lowest BCUT2D eigenvalue weighted by Crippen LogP contribution is -2.26. The van der Waals surface area contributed by atoms with Gasteiger partial charge in [-0.3, -0.25) is 14.6 Å². The van der Waals surface area contributed by atoms with Crippen molar-refractivity contribution < 1.29 is 23.5 Å². The SMILES string of the molecule is O=C(NCCO)c1cc(NC(=O)c2cc(-c3ncccc3F)c(F)cc2Cl)n(-c2ccccc2)n1. The van der Waals surface area contributed by atoms with E-state index in [0.29, 0.717) is 5.69 Å². The summed E-state index contributed by atoms with van der Waals surface area (Å²) in [5.41, 5.74) is -0.115. The van der Waals surface area contributed by atoms with Gasteiger partial charge in [-0.15, -0.1) is 0 Å². The fourth-order valence-electron chi connectivity index (χ4n) is 3.28. The summed E-state index contributed by atoms with van der Waals surface area (Å²) in [4.78, 5) is 29.4. The smallest absolute Gasteiger partial charge is 0.271 e. The molecular formula is C24H18ClF2N5O3. The van der Waals surface area contributed by atoms with Gasteiger partial charge in [-0.25, -0.2) is 13.5 Å². The summed E-state index contributed by atoms with van der Waals surface area (Å²) in [6, 6.07) is 14.5. The van der Waals surface area contributed by atoms with Crippen LogP contribution in [0.2, 0.25) is 5.02 Å². The number of pyridine rings is 1. The van der Waals surface area contributed by atoms with Crippen LogP contribution in [-0.4, -0.2) is 44.8 Å². The van der Waals surface area contributed by atoms with Crippen LogP contribution in [0.3, 0.4) is 0 Å². The maximum absolute atomic E-state index is 14.6. The predicted octanol–water partition coefficient (Wildman–Crippen LogP) is 3.84. The minimum atomic E-state index is -0.846. The molecule has 0 fully saturated rings. The van der Waals surface area contributed by atoms with Crippen LogP contribution in [0.25, 0.3) is 16.9 Å². The lowest BCUT2D eigenvalue weighted by atomic mass is 10.1. The van der Waals surface area contributed by atoms with Gasteiger partial charge in [-0.2, -0.15) is 5.10 Å². The molecule has 0 saturated carbocycles. The van der Waals surface area contributed by atoms with E-state index in [4.69, 9.17) is 16.7 Å². The summed E-state index contributed by atoms with van der Waals surface area (Å²) in [5.74, 6) is -2.78. The van der Waals surface area contributed by atoms with E-state index in [2.05, 4.69) is 20.7 Å². The lowest BCUT2D eigenvalue weighted by Gasteiger charge is -2.11. The highest BCUT2D eigenvalue weighted by molar-refractivity contribution is 6.34. The van der Waals surface area contributed by atoms with Gasteiger partial charge >= 0.3 is 0 Å². The Hall–Kier alpha value is -4.15. The second kappa shape index (κ2) is 10.4. The first-order valence-electron chi connectivity index (χ1n) is 10.3. The van der Waals surface area contributed by atoms with Gasteiger partial charge in [0.25, 0.3) is 11.8 Å². The minimum Gasteiger partial charge on any atom is -0.395 e. The zero-order valence-electron chi connectivity index (χ0n) is 18.0. The van der Waals surface area contributed by atoms with E-state index < -0.39 is 23.4 Å². The molecule has 8 nitrogen and oxygen atoms in total. The van der Waals surface area contributed by atoms with Gasteiger partial charge in [-0.1, -0.05) is 29.8 Å². The molecule has 2 amide bonds. The quantitative estimate of drug-likeness (QED) is 0.359. The zero-order valence-corrected chi connectivity index (χ0v) is 18.8. The molecule has 178 valence electrons. The summed E-state index contributed by atoms with van der Waals surface area (Å²) in [6.07, 6.45) is 1.30. The molecule has 0 radical (unpaired) electrons. The molecule has 2 aromatic carbocycles. The molecule has 4 aromatic rings. The van der Waals surface area contributed by atoms with E-state index >= 15 is 0 Å². The zero-order chi connectivity index (χ0) is 24.9. The van der Waals surface area contributed by atoms with Crippen LogP contribution < -0.4 is 10.6 Å². The molecule has 2 aromatic heterocycles. The number of benzene rings is 2. The maximum Gasteiger partial charge on any atom is 0.271 e. The van der Waals surface area contributed by atoms with Crippen molar-refractivity contribution in [1.82, 2.24) is 20.1 Å². The number of rotatable bonds is 7. The van der Waals surface area contributed by atoms with E-state index in [9.17, 15) is 18.4 Å². The highest BCUT2D eigenvalue weighted by Gasteiger charge is 2.22. The Morgan fingerprint density at radius 1 is 1.00 bits per heavy atom. The Kier molecular flexibility index (Phi) is 7.14. The Balaban J connectivity index is 1.72. The number of carbonyl (C=O) groups excluding carboxylic acids is 2. The van der Waals surface area contributed by atoms with Crippen LogP contribution in [0.5, 0.6) is 0 Å². The van der Waals surface area contributed by atoms with Crippen LogP contribution in [0.4, 0.5) is 14.6 Å². The van der Waals surface area contributed by atoms with E-state index in [1.165, 1.54) is 23.0 Å². The Bertz CT molecular complexity index is 1400. The number of carbonyl (C=O) groups is 2. The number of nitrogens with zero attached hydrogens (tertiary/aromatic N) is 3. The van der Waals surface area contributed by atoms with Gasteiger partial charge in [-0.05, 0) is 36.4 Å². The fraction of sp³-hybridized carbons (Fsp3) is 0.0833. The Labute approximate surface area is 203 Å². The second-order valence-corrected chi connectivity index (χ2v) is 7.65. The first-order chi connectivity index (χ1) is 16.9. The molecular weight excluding hydrogens is 480 g/mol. The van der Waals surface area contributed by atoms with Crippen LogP contribution in [0.1, 0.15) is 20.8 Å². The molecule has 2 heterocycles. The van der Waals surface area contributed by atoms with Crippen LogP contribution in [-0.2, 0) is 0 Å². The largest absolute Gasteiger partial charge is 0.395 e. The molecule has 0 spiro atoms. The van der Waals surface area contributed by atoms with Crippen molar-refractivity contribution in [3.8, 4) is 16.9 Å². The normalized spacial score (nSPS) is 10.7. The molecule has 4 rings (SSSR count). The maximum atomic E-state index is 14.6. The topological polar surface area (TPSA) is 109 Å². The third-order valence-electron chi connectivity index (χ3n) is 4.90. The second-order valence-electron chi connectivity index (χ2n) is 7.24. The van der Waals surface area contributed by atoms with Gasteiger partial charge in [0.15, 0.2) is 5.69 Å². The van der Waals surface area contributed by atoms with Gasteiger partial charge in [0.2, 0.25) is 0 Å². The number of aliphatic hydroxyl groups is 1. The number of anilines is 1. The number of aliphatic hydroxyl groups excluding tert-OH is 1. The highest BCUT2D eigenvalue weighted by atomic mass is 35.5. The molecule has 0 aliphatic carbocycles. The number of nitrogens with one attached hydrogen (secondary N) is 2. The minimum absolute atomic E-state index is 0.0148. The molecule has 35 heavy (non-hydrogen) atoms. The summed E-state index contributed by atoms with van der Waals surface area (Å²) in [7, 11) is 0. The van der Waals surface area contributed by atoms with E-state index in [-0.39, 0.29) is 46.5 Å². The van der Waals surface area contributed by atoms with Crippen molar-refractivity contribution in [1.29, 1.82) is 0 Å². The number of para-hydroxylation sites is 1. The summed E-state index contributed by atoms with van der Waals surface area (Å²) >= 11 is 6.13. The monoisotopic (exact) mass is 497 g/mol. The van der Waals surface area contributed by atoms with Crippen molar-refractivity contribution in [2.45, 2.75) is 0 Å². The van der Waals surface area contributed by atoms with Gasteiger partial charge in [0.1, 0.15) is 23.1 Å². The Morgan fingerprint density at radius 2 is 1.77 bits per heavy atom. The standard InChI is InChI=1S/C24H18ClF2N5O3/c25-17-12-19(27)16(22-18(26)7-4-8-28-22)11-15(17)23(34)30-21-13-20(24(35)29-9-10-33)31-32(21)14-5-2-1-3-6-14/h1-8,11-13,33H,9-10H2,(H,29,35)(H,30,34). The first kappa shape index (κ1) is 24.0. The van der Waals surface area contributed by atoms with E-state index in [1.54, 1.807) is 30.3 Å². The number of halogens is 3. The van der Waals surface area contributed by atoms with Gasteiger partial charge in [0.05, 0.1) is 22.9 Å². The first-order valence-corrected chi connectivity index (χ1v) is 10.7. The average Bonchev–Trinajstić information content (AvgIpc) is 3.27. The third kappa shape index (κ3) is 5.18.